The number of nitrogens with two attached hydrogens (primary N) is 1. The van der Waals surface area contributed by atoms with Crippen LogP contribution < -0.4 is 10.5 Å². The summed E-state index contributed by atoms with van der Waals surface area (Å²) in [7, 11) is 0. The summed E-state index contributed by atoms with van der Waals surface area (Å²) >= 11 is 0. The fourth-order valence-electron chi connectivity index (χ4n) is 1.98. The molecule has 0 bridgehead atoms. The minimum Gasteiger partial charge on any atom is -0.457 e. The molecule has 0 radical (unpaired) electrons. The maximum atomic E-state index is 5.76. The molecule has 1 atom stereocenters. The molecule has 0 aliphatic heterocycles. The van der Waals surface area contributed by atoms with Crippen molar-refractivity contribution in [2.45, 2.75) is 32.2 Å². The van der Waals surface area contributed by atoms with E-state index in [0.29, 0.717) is 6.04 Å². The van der Waals surface area contributed by atoms with Crippen molar-refractivity contribution in [1.29, 1.82) is 0 Å². The fraction of sp³-hybridized carbons (Fsp3) is 0.294. The maximum absolute atomic E-state index is 5.76. The van der Waals surface area contributed by atoms with Gasteiger partial charge in [0.15, 0.2) is 0 Å². The van der Waals surface area contributed by atoms with Crippen molar-refractivity contribution in [3.05, 3.63) is 60.2 Å². The third-order valence-electron chi connectivity index (χ3n) is 3.03. The SMILES string of the molecule is CC(N)CCCc1ccc(Oc2ccccc2)cc1. The van der Waals surface area contributed by atoms with E-state index in [9.17, 15) is 0 Å². The molecule has 0 aliphatic rings. The van der Waals surface area contributed by atoms with E-state index in [-0.39, 0.29) is 0 Å². The zero-order valence-corrected chi connectivity index (χ0v) is 11.4. The number of rotatable bonds is 6. The quantitative estimate of drug-likeness (QED) is 0.841. The molecule has 0 spiro atoms. The van der Waals surface area contributed by atoms with Crippen LogP contribution in [0.2, 0.25) is 0 Å². The van der Waals surface area contributed by atoms with E-state index in [1.807, 2.05) is 42.5 Å². The molecule has 0 heterocycles. The summed E-state index contributed by atoms with van der Waals surface area (Å²) in [5.74, 6) is 1.74. The van der Waals surface area contributed by atoms with Crippen molar-refractivity contribution in [1.82, 2.24) is 0 Å². The highest BCUT2D eigenvalue weighted by Gasteiger charge is 1.99. The molecule has 2 heteroatoms. The second-order valence-corrected chi connectivity index (χ2v) is 4.93. The summed E-state index contributed by atoms with van der Waals surface area (Å²) in [6.07, 6.45) is 3.28. The van der Waals surface area contributed by atoms with Gasteiger partial charge in [-0.3, -0.25) is 0 Å². The zero-order valence-electron chi connectivity index (χ0n) is 11.4. The van der Waals surface area contributed by atoms with E-state index < -0.39 is 0 Å². The van der Waals surface area contributed by atoms with Crippen molar-refractivity contribution >= 4 is 0 Å². The minimum absolute atomic E-state index is 0.292. The van der Waals surface area contributed by atoms with E-state index in [2.05, 4.69) is 19.1 Å². The molecule has 0 saturated carbocycles. The van der Waals surface area contributed by atoms with Gasteiger partial charge in [0.05, 0.1) is 0 Å². The van der Waals surface area contributed by atoms with Crippen LogP contribution in [0.5, 0.6) is 11.5 Å². The molecule has 2 N–H and O–H groups in total. The van der Waals surface area contributed by atoms with Crippen LogP contribution in [0.1, 0.15) is 25.3 Å². The largest absolute Gasteiger partial charge is 0.457 e. The van der Waals surface area contributed by atoms with Crippen molar-refractivity contribution in [2.24, 2.45) is 5.73 Å². The highest BCUT2D eigenvalue weighted by molar-refractivity contribution is 5.32. The topological polar surface area (TPSA) is 35.2 Å². The second kappa shape index (κ2) is 6.95. The van der Waals surface area contributed by atoms with Gasteiger partial charge in [0.1, 0.15) is 11.5 Å². The van der Waals surface area contributed by atoms with E-state index >= 15 is 0 Å². The van der Waals surface area contributed by atoms with Gasteiger partial charge in [-0.25, -0.2) is 0 Å². The molecule has 100 valence electrons. The summed E-state index contributed by atoms with van der Waals surface area (Å²) in [6.45, 7) is 2.05. The van der Waals surface area contributed by atoms with E-state index in [4.69, 9.17) is 10.5 Å². The molecule has 2 aromatic rings. The van der Waals surface area contributed by atoms with Crippen LogP contribution in [-0.4, -0.2) is 6.04 Å². The van der Waals surface area contributed by atoms with Crippen molar-refractivity contribution < 1.29 is 4.74 Å². The maximum Gasteiger partial charge on any atom is 0.127 e. The lowest BCUT2D eigenvalue weighted by Crippen LogP contribution is -2.14. The predicted octanol–water partition coefficient (Wildman–Crippen LogP) is 4.15. The first-order valence-corrected chi connectivity index (χ1v) is 6.81. The van der Waals surface area contributed by atoms with Crippen molar-refractivity contribution in [2.75, 3.05) is 0 Å². The van der Waals surface area contributed by atoms with Crippen LogP contribution in [0, 0.1) is 0 Å². The van der Waals surface area contributed by atoms with Gasteiger partial charge in [-0.15, -0.1) is 0 Å². The van der Waals surface area contributed by atoms with E-state index in [1.54, 1.807) is 0 Å². The number of aryl methyl sites for hydroxylation is 1. The van der Waals surface area contributed by atoms with E-state index in [1.165, 1.54) is 5.56 Å². The Bertz CT molecular complexity index is 476. The van der Waals surface area contributed by atoms with Gasteiger partial charge in [-0.2, -0.15) is 0 Å². The Morgan fingerprint density at radius 2 is 1.58 bits per heavy atom. The third-order valence-corrected chi connectivity index (χ3v) is 3.03. The molecule has 0 saturated heterocycles. The van der Waals surface area contributed by atoms with Gasteiger partial charge in [0.25, 0.3) is 0 Å². The second-order valence-electron chi connectivity index (χ2n) is 4.93. The first-order chi connectivity index (χ1) is 9.24. The molecular weight excluding hydrogens is 234 g/mol. The average Bonchev–Trinajstić information content (AvgIpc) is 2.42. The Kier molecular flexibility index (Phi) is 4.99. The van der Waals surface area contributed by atoms with Gasteiger partial charge in [0.2, 0.25) is 0 Å². The number of hydrogen-bond donors (Lipinski definition) is 1. The predicted molar refractivity (Wildman–Crippen MR) is 79.5 cm³/mol. The first kappa shape index (κ1) is 13.6. The third kappa shape index (κ3) is 4.76. The lowest BCUT2D eigenvalue weighted by atomic mass is 10.1. The van der Waals surface area contributed by atoms with Gasteiger partial charge >= 0.3 is 0 Å². The Hall–Kier alpha value is -1.80. The van der Waals surface area contributed by atoms with Crippen molar-refractivity contribution in [3.63, 3.8) is 0 Å². The number of hydrogen-bond acceptors (Lipinski definition) is 2. The van der Waals surface area contributed by atoms with Crippen LogP contribution in [0.3, 0.4) is 0 Å². The van der Waals surface area contributed by atoms with Crippen LogP contribution >= 0.6 is 0 Å². The lowest BCUT2D eigenvalue weighted by Gasteiger charge is -2.07. The lowest BCUT2D eigenvalue weighted by molar-refractivity contribution is 0.482. The molecule has 0 aromatic heterocycles. The highest BCUT2D eigenvalue weighted by Crippen LogP contribution is 2.21. The molecule has 0 amide bonds. The molecule has 2 rings (SSSR count). The van der Waals surface area contributed by atoms with Gasteiger partial charge < -0.3 is 10.5 Å². The summed E-state index contributed by atoms with van der Waals surface area (Å²) < 4.78 is 5.76. The molecule has 2 nitrogen and oxygen atoms in total. The Balaban J connectivity index is 1.88. The summed E-state index contributed by atoms with van der Waals surface area (Å²) in [5, 5.41) is 0. The van der Waals surface area contributed by atoms with Crippen LogP contribution in [0.4, 0.5) is 0 Å². The van der Waals surface area contributed by atoms with Gasteiger partial charge in [-0.05, 0) is 56.0 Å². The summed E-state index contributed by atoms with van der Waals surface area (Å²) in [6, 6.07) is 18.4. The van der Waals surface area contributed by atoms with Gasteiger partial charge in [0, 0.05) is 6.04 Å². The highest BCUT2D eigenvalue weighted by atomic mass is 16.5. The average molecular weight is 255 g/mol. The number of para-hydroxylation sites is 1. The van der Waals surface area contributed by atoms with Crippen molar-refractivity contribution in [3.8, 4) is 11.5 Å². The standard InChI is InChI=1S/C17H21NO/c1-14(18)6-5-7-15-10-12-17(13-11-15)19-16-8-3-2-4-9-16/h2-4,8-14H,5-7,18H2,1H3. The number of ether oxygens (including phenoxy) is 1. The summed E-state index contributed by atoms with van der Waals surface area (Å²) in [4.78, 5) is 0. The Labute approximate surface area is 115 Å². The van der Waals surface area contributed by atoms with Gasteiger partial charge in [-0.1, -0.05) is 30.3 Å². The molecule has 2 aromatic carbocycles. The smallest absolute Gasteiger partial charge is 0.127 e. The molecule has 1 unspecified atom stereocenters. The molecule has 0 fully saturated rings. The monoisotopic (exact) mass is 255 g/mol. The Morgan fingerprint density at radius 3 is 2.21 bits per heavy atom. The zero-order chi connectivity index (χ0) is 13.5. The Morgan fingerprint density at radius 1 is 0.947 bits per heavy atom. The summed E-state index contributed by atoms with van der Waals surface area (Å²) in [5.41, 5.74) is 7.08. The van der Waals surface area contributed by atoms with Crippen LogP contribution in [0.15, 0.2) is 54.6 Å². The number of benzene rings is 2. The van der Waals surface area contributed by atoms with Crippen LogP contribution in [0.25, 0.3) is 0 Å². The first-order valence-electron chi connectivity index (χ1n) is 6.81. The fourth-order valence-corrected chi connectivity index (χ4v) is 1.98. The minimum atomic E-state index is 0.292. The van der Waals surface area contributed by atoms with E-state index in [0.717, 1.165) is 30.8 Å². The molecule has 19 heavy (non-hydrogen) atoms. The normalized spacial score (nSPS) is 12.1. The molecular formula is C17H21NO. The molecule has 0 aliphatic carbocycles. The van der Waals surface area contributed by atoms with Crippen LogP contribution in [-0.2, 0) is 6.42 Å².